The Kier molecular flexibility index (Phi) is 2.70. The maximum absolute atomic E-state index is 12.4. The molecule has 130 valence electrons. The molecule has 0 heterocycles. The summed E-state index contributed by atoms with van der Waals surface area (Å²) in [5, 5.41) is 11.2. The second-order valence-corrected chi connectivity index (χ2v) is 9.84. The van der Waals surface area contributed by atoms with Crippen molar-refractivity contribution in [2.24, 2.45) is 45.8 Å². The van der Waals surface area contributed by atoms with Gasteiger partial charge in [-0.2, -0.15) is 0 Å². The number of hydrogen-bond acceptors (Lipinski definition) is 3. The first-order valence-electron chi connectivity index (χ1n) is 9.69. The van der Waals surface area contributed by atoms with E-state index in [1.165, 1.54) is 0 Å². The quantitative estimate of drug-likeness (QED) is 0.804. The van der Waals surface area contributed by atoms with Crippen LogP contribution >= 0.6 is 0 Å². The molecule has 4 fully saturated rings. The molecule has 3 nitrogen and oxygen atoms in total. The van der Waals surface area contributed by atoms with Crippen LogP contribution in [0.25, 0.3) is 0 Å². The number of rotatable bonds is 1. The number of carbonyl (C=O) groups is 2. The van der Waals surface area contributed by atoms with Crippen LogP contribution in [0.3, 0.4) is 0 Å². The third-order valence-electron chi connectivity index (χ3n) is 9.39. The number of aliphatic hydroxyl groups excluding tert-OH is 1. The lowest BCUT2D eigenvalue weighted by atomic mass is 9.50. The van der Waals surface area contributed by atoms with E-state index in [2.05, 4.69) is 19.9 Å². The van der Waals surface area contributed by atoms with E-state index in [1.807, 2.05) is 0 Å². The van der Waals surface area contributed by atoms with Crippen molar-refractivity contribution in [3.8, 4) is 0 Å². The minimum absolute atomic E-state index is 0.0402. The Labute approximate surface area is 143 Å². The van der Waals surface area contributed by atoms with Crippen molar-refractivity contribution >= 4 is 11.6 Å². The maximum Gasteiger partial charge on any atom is 0.159 e. The van der Waals surface area contributed by atoms with Gasteiger partial charge < -0.3 is 5.11 Å². The van der Waals surface area contributed by atoms with E-state index in [0.29, 0.717) is 17.6 Å². The molecule has 5 aliphatic carbocycles. The first kappa shape index (κ1) is 15.3. The molecule has 1 spiro atoms. The number of allylic oxidation sites excluding steroid dienone is 2. The molecule has 0 unspecified atom stereocenters. The molecule has 24 heavy (non-hydrogen) atoms. The van der Waals surface area contributed by atoms with Crippen molar-refractivity contribution in [3.63, 3.8) is 0 Å². The zero-order chi connectivity index (χ0) is 17.1. The Morgan fingerprint density at radius 2 is 2.00 bits per heavy atom. The highest BCUT2D eigenvalue weighted by Gasteiger charge is 2.83. The molecule has 5 aliphatic rings. The third-order valence-corrected chi connectivity index (χ3v) is 9.39. The maximum atomic E-state index is 12.4. The minimum Gasteiger partial charge on any atom is -0.393 e. The lowest BCUT2D eigenvalue weighted by molar-refractivity contribution is -0.139. The summed E-state index contributed by atoms with van der Waals surface area (Å²) >= 11 is 0. The van der Waals surface area contributed by atoms with Gasteiger partial charge in [0.15, 0.2) is 5.78 Å². The zero-order valence-electron chi connectivity index (χ0n) is 14.9. The molecule has 0 aliphatic heterocycles. The van der Waals surface area contributed by atoms with Gasteiger partial charge in [0, 0.05) is 17.3 Å². The fraction of sp³-hybridized carbons (Fsp3) is 0.810. The molecule has 0 aromatic heterocycles. The second kappa shape index (κ2) is 4.23. The van der Waals surface area contributed by atoms with Gasteiger partial charge in [0.1, 0.15) is 5.78 Å². The van der Waals surface area contributed by atoms with E-state index in [-0.39, 0.29) is 45.9 Å². The van der Waals surface area contributed by atoms with Crippen LogP contribution in [-0.4, -0.2) is 22.8 Å². The molecular weight excluding hydrogens is 300 g/mol. The molecule has 0 aromatic rings. The number of aliphatic hydroxyl groups is 1. The fourth-order valence-electron chi connectivity index (χ4n) is 8.57. The summed E-state index contributed by atoms with van der Waals surface area (Å²) in [6.45, 7) is 6.24. The van der Waals surface area contributed by atoms with Gasteiger partial charge in [-0.15, -0.1) is 0 Å². The molecule has 9 atom stereocenters. The van der Waals surface area contributed by atoms with Gasteiger partial charge in [0.05, 0.1) is 6.10 Å². The lowest BCUT2D eigenvalue weighted by Gasteiger charge is -2.55. The van der Waals surface area contributed by atoms with Crippen LogP contribution in [0.4, 0.5) is 0 Å². The standard InChI is InChI=1S/C21H28O3/c1-11(22)13-4-5-14-12-6-8-21-9-7-15(23)18(21)20(21,3)17(12)16(24)10-19(13,14)2/h7,9,12-14,16-18,24H,4-6,8,10H2,1-3H3/t12-,13+,14-,16+,17+,18+,19+,20+,21+/m0/s1. The Balaban J connectivity index is 1.55. The van der Waals surface area contributed by atoms with Crippen LogP contribution in [-0.2, 0) is 9.59 Å². The number of hydrogen-bond donors (Lipinski definition) is 1. The average Bonchev–Trinajstić information content (AvgIpc) is 2.74. The van der Waals surface area contributed by atoms with Gasteiger partial charge in [-0.05, 0) is 73.7 Å². The monoisotopic (exact) mass is 328 g/mol. The van der Waals surface area contributed by atoms with Crippen LogP contribution in [0, 0.1) is 45.8 Å². The topological polar surface area (TPSA) is 54.4 Å². The van der Waals surface area contributed by atoms with Gasteiger partial charge in [0.2, 0.25) is 0 Å². The summed E-state index contributed by atoms with van der Waals surface area (Å²) in [6.07, 6.45) is 8.61. The number of carbonyl (C=O) groups excluding carboxylic acids is 2. The largest absolute Gasteiger partial charge is 0.393 e. The van der Waals surface area contributed by atoms with Crippen molar-refractivity contribution in [3.05, 3.63) is 12.2 Å². The van der Waals surface area contributed by atoms with E-state index in [0.717, 1.165) is 32.1 Å². The highest BCUT2D eigenvalue weighted by molar-refractivity contribution is 6.00. The van der Waals surface area contributed by atoms with E-state index in [4.69, 9.17) is 0 Å². The van der Waals surface area contributed by atoms with Gasteiger partial charge in [-0.1, -0.05) is 19.9 Å². The normalized spacial score (nSPS) is 60.2. The average molecular weight is 328 g/mol. The van der Waals surface area contributed by atoms with Crippen molar-refractivity contribution in [1.29, 1.82) is 0 Å². The predicted octanol–water partition coefficient (Wildman–Crippen LogP) is 3.16. The van der Waals surface area contributed by atoms with Crippen molar-refractivity contribution in [2.75, 3.05) is 0 Å². The molecule has 0 saturated heterocycles. The van der Waals surface area contributed by atoms with Gasteiger partial charge in [0.25, 0.3) is 0 Å². The molecular formula is C21H28O3. The minimum atomic E-state index is -0.370. The third kappa shape index (κ3) is 1.39. The zero-order valence-corrected chi connectivity index (χ0v) is 14.9. The second-order valence-electron chi connectivity index (χ2n) is 9.84. The molecule has 0 aromatic carbocycles. The number of Topliss-reactive ketones (excluding diaryl/α,β-unsaturated/α-hetero) is 1. The molecule has 1 N–H and O–H groups in total. The van der Waals surface area contributed by atoms with Gasteiger partial charge in [-0.3, -0.25) is 9.59 Å². The first-order chi connectivity index (χ1) is 11.3. The number of fused-ring (bicyclic) bond motifs is 5. The Bertz CT molecular complexity index is 681. The van der Waals surface area contributed by atoms with Crippen molar-refractivity contribution < 1.29 is 14.7 Å². The summed E-state index contributed by atoms with van der Waals surface area (Å²) in [5.41, 5.74) is -0.0491. The summed E-state index contributed by atoms with van der Waals surface area (Å²) in [4.78, 5) is 24.6. The summed E-state index contributed by atoms with van der Waals surface area (Å²) in [7, 11) is 0. The van der Waals surface area contributed by atoms with Crippen LogP contribution in [0.2, 0.25) is 0 Å². The van der Waals surface area contributed by atoms with Gasteiger partial charge >= 0.3 is 0 Å². The lowest BCUT2D eigenvalue weighted by Crippen LogP contribution is -2.54. The first-order valence-corrected chi connectivity index (χ1v) is 9.69. The molecule has 3 heteroatoms. The van der Waals surface area contributed by atoms with E-state index in [9.17, 15) is 14.7 Å². The van der Waals surface area contributed by atoms with E-state index < -0.39 is 0 Å². The highest BCUT2D eigenvalue weighted by Crippen LogP contribution is 2.83. The molecule has 4 saturated carbocycles. The Hall–Kier alpha value is -0.960. The fourth-order valence-corrected chi connectivity index (χ4v) is 8.57. The van der Waals surface area contributed by atoms with Gasteiger partial charge in [-0.25, -0.2) is 0 Å². The predicted molar refractivity (Wildman–Crippen MR) is 90.0 cm³/mol. The highest BCUT2D eigenvalue weighted by atomic mass is 16.3. The SMILES string of the molecule is CC(=O)[C@H]1CC[C@H]2[C@@H]3CC[C@@]45C=CC(=O)[C@@H]4[C@@]5(C)[C@H]3[C@H](O)C[C@]12C. The van der Waals surface area contributed by atoms with Crippen molar-refractivity contribution in [1.82, 2.24) is 0 Å². The smallest absolute Gasteiger partial charge is 0.159 e. The van der Waals surface area contributed by atoms with Crippen LogP contribution in [0.1, 0.15) is 52.9 Å². The van der Waals surface area contributed by atoms with Crippen molar-refractivity contribution in [2.45, 2.75) is 59.0 Å². The summed E-state index contributed by atoms with van der Waals surface area (Å²) < 4.78 is 0. The van der Waals surface area contributed by atoms with Crippen LogP contribution in [0.15, 0.2) is 12.2 Å². The van der Waals surface area contributed by atoms with E-state index >= 15 is 0 Å². The number of ketones is 2. The Morgan fingerprint density at radius 3 is 2.71 bits per heavy atom. The van der Waals surface area contributed by atoms with E-state index in [1.54, 1.807) is 13.0 Å². The molecule has 5 rings (SSSR count). The molecule has 0 radical (unpaired) electrons. The summed E-state index contributed by atoms with van der Waals surface area (Å²) in [6, 6.07) is 0. The Morgan fingerprint density at radius 1 is 1.25 bits per heavy atom. The molecule has 0 bridgehead atoms. The summed E-state index contributed by atoms with van der Waals surface area (Å²) in [5.74, 6) is 2.05. The van der Waals surface area contributed by atoms with Crippen LogP contribution in [0.5, 0.6) is 0 Å². The van der Waals surface area contributed by atoms with Crippen LogP contribution < -0.4 is 0 Å². The molecule has 0 amide bonds.